The van der Waals surface area contributed by atoms with E-state index in [1.165, 1.54) is 0 Å². The summed E-state index contributed by atoms with van der Waals surface area (Å²) in [5.41, 5.74) is -0.401. The molecule has 1 atom stereocenters. The lowest BCUT2D eigenvalue weighted by molar-refractivity contribution is 0.377. The van der Waals surface area contributed by atoms with Crippen LogP contribution in [0.3, 0.4) is 0 Å². The Morgan fingerprint density at radius 1 is 0.784 bits per heavy atom. The average molecular weight is 608 g/mol. The van der Waals surface area contributed by atoms with E-state index >= 15 is 0 Å². The predicted octanol–water partition coefficient (Wildman–Crippen LogP) is 7.59. The van der Waals surface area contributed by atoms with Gasteiger partial charge in [0, 0.05) is 16.7 Å². The van der Waals surface area contributed by atoms with E-state index in [0.717, 1.165) is 11.1 Å². The van der Waals surface area contributed by atoms with E-state index < -0.39 is 55.3 Å². The maximum atomic E-state index is 12.6. The van der Waals surface area contributed by atoms with Crippen LogP contribution in [0.4, 0.5) is 34.9 Å². The van der Waals surface area contributed by atoms with Crippen molar-refractivity contribution in [1.29, 1.82) is 0 Å². The summed E-state index contributed by atoms with van der Waals surface area (Å²) in [7, 11) is -2.29. The van der Waals surface area contributed by atoms with Gasteiger partial charge in [0.15, 0.2) is 32.6 Å². The van der Waals surface area contributed by atoms with Crippen LogP contribution in [0.2, 0.25) is 0 Å². The summed E-state index contributed by atoms with van der Waals surface area (Å²) in [5, 5.41) is 2.87. The van der Waals surface area contributed by atoms with Crippen molar-refractivity contribution in [2.45, 2.75) is 9.55 Å². The minimum absolute atomic E-state index is 0.368. The molecule has 198 valence electrons. The van der Waals surface area contributed by atoms with E-state index in [9.17, 15) is 39.1 Å². The van der Waals surface area contributed by atoms with Crippen LogP contribution in [0, 0.1) is 40.3 Å². The molecule has 0 bridgehead atoms. The van der Waals surface area contributed by atoms with Crippen LogP contribution in [-0.2, 0) is 23.7 Å². The molecular weight excluding hydrogens is 593 g/mol. The number of rotatable bonds is 3. The maximum Gasteiger partial charge on any atom is 0.515 e. The summed E-state index contributed by atoms with van der Waals surface area (Å²) < 4.78 is 109. The van der Waals surface area contributed by atoms with Crippen molar-refractivity contribution in [3.05, 3.63) is 100 Å². The van der Waals surface area contributed by atoms with Crippen LogP contribution < -0.4 is 5.46 Å². The van der Waals surface area contributed by atoms with Gasteiger partial charge >= 0.3 is 6.98 Å². The number of hydrogen-bond donors (Lipinski definition) is 0. The quantitative estimate of drug-likeness (QED) is 0.0571. The van der Waals surface area contributed by atoms with Crippen LogP contribution in [0.25, 0.3) is 0 Å². The van der Waals surface area contributed by atoms with Crippen molar-refractivity contribution < 1.29 is 39.1 Å². The van der Waals surface area contributed by atoms with Gasteiger partial charge in [0.1, 0.15) is 23.6 Å². The van der Waals surface area contributed by atoms with Gasteiger partial charge < -0.3 is 12.9 Å². The highest BCUT2D eigenvalue weighted by molar-refractivity contribution is 8.05. The molecule has 14 heteroatoms. The fourth-order valence-corrected chi connectivity index (χ4v) is 4.35. The van der Waals surface area contributed by atoms with Gasteiger partial charge in [0.05, 0.1) is 0 Å². The zero-order valence-corrected chi connectivity index (χ0v) is 21.5. The number of hydrogen-bond acceptors (Lipinski definition) is 1. The summed E-state index contributed by atoms with van der Waals surface area (Å²) in [6, 6.07) is 16.6. The first-order valence-corrected chi connectivity index (χ1v) is 13.1. The summed E-state index contributed by atoms with van der Waals surface area (Å²) in [4.78, 5) is 0. The fourth-order valence-electron chi connectivity index (χ4n) is 2.74. The van der Waals surface area contributed by atoms with Gasteiger partial charge in [-0.15, -0.1) is 0 Å². The normalized spacial score (nSPS) is 13.1. The van der Waals surface area contributed by atoms with Crippen LogP contribution in [0.15, 0.2) is 54.6 Å². The molecule has 0 heterocycles. The Bertz CT molecular complexity index is 1340. The van der Waals surface area contributed by atoms with Gasteiger partial charge in [-0.05, 0) is 23.5 Å². The Hall–Kier alpha value is -2.26. The molecule has 0 aliphatic heterocycles. The molecule has 1 nitrogen and oxygen atoms in total. The third kappa shape index (κ3) is 8.64. The number of benzene rings is 3. The predicted molar refractivity (Wildman–Crippen MR) is 132 cm³/mol. The van der Waals surface area contributed by atoms with Crippen LogP contribution >= 0.6 is 34.8 Å². The lowest BCUT2D eigenvalue weighted by Gasteiger charge is -2.17. The van der Waals surface area contributed by atoms with E-state index in [4.69, 9.17) is 34.8 Å². The molecule has 37 heavy (non-hydrogen) atoms. The van der Waals surface area contributed by atoms with Gasteiger partial charge in [-0.25, -0.2) is 22.0 Å². The Morgan fingerprint density at radius 2 is 1.24 bits per heavy atom. The fraction of sp³-hybridized carbons (Fsp3) is 0.130. The molecule has 0 spiro atoms. The topological polar surface area (TPSA) is 17.1 Å². The van der Waals surface area contributed by atoms with Gasteiger partial charge in [-0.1, -0.05) is 81.5 Å². The van der Waals surface area contributed by atoms with Crippen molar-refractivity contribution in [2.75, 3.05) is 6.26 Å². The molecule has 0 aliphatic rings. The second kappa shape index (κ2) is 12.1. The second-order valence-electron chi connectivity index (χ2n) is 7.50. The van der Waals surface area contributed by atoms with Gasteiger partial charge in [-0.2, -0.15) is 0 Å². The van der Waals surface area contributed by atoms with Crippen molar-refractivity contribution in [3.63, 3.8) is 0 Å². The molecule has 0 amide bonds. The monoisotopic (exact) mass is 606 g/mol. The number of halogens is 11. The lowest BCUT2D eigenvalue weighted by atomic mass is 9.79. The molecule has 3 aromatic rings. The Balaban J connectivity index is 0.000000281. The molecule has 0 saturated heterocycles. The second-order valence-corrected chi connectivity index (χ2v) is 12.3. The van der Waals surface area contributed by atoms with E-state index in [1.807, 2.05) is 42.5 Å². The third-order valence-electron chi connectivity index (χ3n) is 4.48. The van der Waals surface area contributed by atoms with E-state index in [2.05, 4.69) is 11.2 Å². The van der Waals surface area contributed by atoms with E-state index in [0.29, 0.717) is 11.3 Å². The van der Waals surface area contributed by atoms with Crippen LogP contribution in [0.5, 0.6) is 0 Å². The van der Waals surface area contributed by atoms with Crippen molar-refractivity contribution in [3.8, 4) is 11.2 Å². The summed E-state index contributed by atoms with van der Waals surface area (Å²) in [6.45, 7) is -6.30. The van der Waals surface area contributed by atoms with Gasteiger partial charge in [0.25, 0.3) is 0 Å². The zero-order valence-electron chi connectivity index (χ0n) is 18.5. The molecule has 0 aliphatic carbocycles. The lowest BCUT2D eigenvalue weighted by Crippen LogP contribution is -2.41. The SMILES string of the molecule is C[S+](=O)(C#Cc1ccccc1)Cc1ccc(C(Cl)(Cl)Cl)cc1.Fc1c(F)c(F)c([B-](F)(F)F)c(F)c1F. The molecule has 0 fully saturated rings. The first-order valence-electron chi connectivity index (χ1n) is 9.86. The van der Waals surface area contributed by atoms with Crippen molar-refractivity contribution >= 4 is 57.2 Å². The first-order chi connectivity index (χ1) is 16.9. The molecular formula is C23H14BCl3F8OS. The smallest absolute Gasteiger partial charge is 0.445 e. The molecule has 1 unspecified atom stereocenters. The average Bonchev–Trinajstić information content (AvgIpc) is 2.80. The van der Waals surface area contributed by atoms with E-state index in [-0.39, 0.29) is 0 Å². The molecule has 0 saturated carbocycles. The Morgan fingerprint density at radius 3 is 1.68 bits per heavy atom. The van der Waals surface area contributed by atoms with Gasteiger partial charge in [-0.3, -0.25) is 0 Å². The van der Waals surface area contributed by atoms with Crippen molar-refractivity contribution in [2.24, 2.45) is 0 Å². The summed E-state index contributed by atoms with van der Waals surface area (Å²) in [6.07, 6.45) is 1.66. The Kier molecular flexibility index (Phi) is 10.1. The standard InChI is InChI=1S/C17H14Cl3OS.C6BF8/c1-22(21,12-11-14-5-3-2-4-6-14)13-15-7-9-16(10-8-15)17(18,19)20;8-2-1(7(13,14)15)3(9)5(11)6(12)4(2)10/h2-10H,13H2,1H3;/q+1;-1. The molecule has 0 radical (unpaired) electrons. The summed E-state index contributed by atoms with van der Waals surface area (Å²) in [5.74, 6) is -10.2. The van der Waals surface area contributed by atoms with E-state index in [1.54, 1.807) is 18.4 Å². The first kappa shape index (κ1) is 31.0. The molecule has 0 aromatic heterocycles. The zero-order chi connectivity index (χ0) is 28.2. The minimum Gasteiger partial charge on any atom is -0.445 e. The highest BCUT2D eigenvalue weighted by Gasteiger charge is 2.37. The molecule has 0 N–H and O–H groups in total. The minimum atomic E-state index is -6.30. The van der Waals surface area contributed by atoms with Crippen LogP contribution in [-0.4, -0.2) is 13.2 Å². The largest absolute Gasteiger partial charge is 0.515 e. The van der Waals surface area contributed by atoms with Crippen molar-refractivity contribution in [1.82, 2.24) is 0 Å². The van der Waals surface area contributed by atoms with Crippen LogP contribution in [0.1, 0.15) is 16.7 Å². The number of alkyl halides is 3. The summed E-state index contributed by atoms with van der Waals surface area (Å²) >= 11 is 17.4. The highest BCUT2D eigenvalue weighted by atomic mass is 35.6. The highest BCUT2D eigenvalue weighted by Crippen LogP contribution is 2.38. The van der Waals surface area contributed by atoms with Gasteiger partial charge in [0.2, 0.25) is 3.79 Å². The Labute approximate surface area is 223 Å². The molecule has 3 aromatic carbocycles. The molecule has 3 rings (SSSR count). The maximum absolute atomic E-state index is 12.6. The third-order valence-corrected chi connectivity index (χ3v) is 6.55.